The van der Waals surface area contributed by atoms with Crippen LogP contribution in [0.15, 0.2) is 30.5 Å². The number of benzene rings is 1. The minimum Gasteiger partial charge on any atom is -0.508 e. The second-order valence-corrected chi connectivity index (χ2v) is 14.6. The number of rotatable bonds is 10. The van der Waals surface area contributed by atoms with Crippen molar-refractivity contribution < 1.29 is 19.1 Å². The van der Waals surface area contributed by atoms with E-state index in [0.717, 1.165) is 0 Å². The van der Waals surface area contributed by atoms with Crippen LogP contribution in [0.1, 0.15) is 58.8 Å². The molecule has 1 atom stereocenters. The summed E-state index contributed by atoms with van der Waals surface area (Å²) in [6.07, 6.45) is 1.51. The van der Waals surface area contributed by atoms with Crippen molar-refractivity contribution in [2.75, 3.05) is 11.9 Å². The maximum absolute atomic E-state index is 12.5. The predicted octanol–water partition coefficient (Wildman–Crippen LogP) is 5.34. The number of nitrogens with zero attached hydrogens (tertiary/aromatic N) is 2. The van der Waals surface area contributed by atoms with Gasteiger partial charge in [0.2, 0.25) is 8.32 Å². The summed E-state index contributed by atoms with van der Waals surface area (Å²) in [7, 11) is -0.218. The first-order chi connectivity index (χ1) is 14.5. The van der Waals surface area contributed by atoms with Crippen LogP contribution in [0.25, 0.3) is 0 Å². The van der Waals surface area contributed by atoms with Crippen molar-refractivity contribution in [1.29, 1.82) is 0 Å². The number of carbonyl (C=O) groups is 1. The Kier molecular flexibility index (Phi) is 8.31. The summed E-state index contributed by atoms with van der Waals surface area (Å²) < 4.78 is 14.2. The van der Waals surface area contributed by atoms with Gasteiger partial charge in [-0.25, -0.2) is 0 Å². The average Bonchev–Trinajstić information content (AvgIpc) is 3.05. The van der Waals surface area contributed by atoms with E-state index in [1.165, 1.54) is 12.1 Å². The molecule has 0 unspecified atom stereocenters. The summed E-state index contributed by atoms with van der Waals surface area (Å²) in [5.74, 6) is 0.465. The van der Waals surface area contributed by atoms with Gasteiger partial charge in [-0.2, -0.15) is 5.10 Å². The molecule has 1 amide bonds. The minimum atomic E-state index is -1.99. The Hall–Kier alpha value is -2.32. The zero-order chi connectivity index (χ0) is 23.3. The first kappa shape index (κ1) is 24.9. The maximum atomic E-state index is 12.5. The van der Waals surface area contributed by atoms with Gasteiger partial charge in [0.1, 0.15) is 17.6 Å². The summed E-state index contributed by atoms with van der Waals surface area (Å²) in [5, 5.41) is 16.9. The first-order valence-corrected chi connectivity index (χ1v) is 13.0. The van der Waals surface area contributed by atoms with Crippen molar-refractivity contribution in [3.63, 3.8) is 0 Å². The molecule has 1 heterocycles. The lowest BCUT2D eigenvalue weighted by Crippen LogP contribution is -2.49. The van der Waals surface area contributed by atoms with E-state index in [-0.39, 0.29) is 17.8 Å². The maximum Gasteiger partial charge on any atom is 0.257 e. The predicted molar refractivity (Wildman–Crippen MR) is 126 cm³/mol. The SMILES string of the molecule is CC(C)[Si](OC[C@H](C)Oc1cc(O)cc(C(=O)Nc2ccn(C)n2)c1)(C(C)C)C(C)C. The zero-order valence-corrected chi connectivity index (χ0v) is 21.0. The molecule has 0 aliphatic carbocycles. The third-order valence-electron chi connectivity index (χ3n) is 5.72. The second-order valence-electron chi connectivity index (χ2n) is 9.10. The van der Waals surface area contributed by atoms with E-state index in [9.17, 15) is 9.90 Å². The Labute approximate surface area is 186 Å². The molecule has 2 N–H and O–H groups in total. The van der Waals surface area contributed by atoms with Crippen LogP contribution in [0, 0.1) is 0 Å². The normalized spacial score (nSPS) is 13.1. The molecule has 8 heteroatoms. The molecule has 2 rings (SSSR count). The molecule has 0 spiro atoms. The van der Waals surface area contributed by atoms with Crippen LogP contribution in [-0.2, 0) is 11.5 Å². The lowest BCUT2D eigenvalue weighted by atomic mass is 10.2. The standard InChI is InChI=1S/C23H37N3O4Si/c1-15(2)31(16(3)4,17(5)6)29-14-18(7)30-21-12-19(11-20(27)13-21)23(28)24-22-9-10-26(8)25-22/h9-13,15-18,27H,14H2,1-8H3,(H,24,25,28)/t18-/m0/s1. The molecule has 0 saturated heterocycles. The molecule has 1 aromatic carbocycles. The summed E-state index contributed by atoms with van der Waals surface area (Å²) in [6, 6.07) is 6.23. The molecule has 0 bridgehead atoms. The van der Waals surface area contributed by atoms with Gasteiger partial charge in [-0.05, 0) is 35.7 Å². The number of phenolic OH excluding ortho intramolecular Hbond substituents is 1. The van der Waals surface area contributed by atoms with Crippen molar-refractivity contribution in [3.8, 4) is 11.5 Å². The van der Waals surface area contributed by atoms with E-state index in [2.05, 4.69) is 52.0 Å². The van der Waals surface area contributed by atoms with Gasteiger partial charge in [0.25, 0.3) is 5.91 Å². The third-order valence-corrected chi connectivity index (χ3v) is 11.8. The number of aryl methyl sites for hydroxylation is 1. The summed E-state index contributed by atoms with van der Waals surface area (Å²) in [4.78, 5) is 12.5. The van der Waals surface area contributed by atoms with Gasteiger partial charge in [0.15, 0.2) is 5.82 Å². The highest BCUT2D eigenvalue weighted by Crippen LogP contribution is 2.42. The van der Waals surface area contributed by atoms with Crippen LogP contribution < -0.4 is 10.1 Å². The second kappa shape index (κ2) is 10.3. The van der Waals surface area contributed by atoms with Crippen molar-refractivity contribution >= 4 is 20.0 Å². The Balaban J connectivity index is 2.09. The molecule has 2 aromatic rings. The summed E-state index contributed by atoms with van der Waals surface area (Å²) >= 11 is 0. The molecule has 0 radical (unpaired) electrons. The summed E-state index contributed by atoms with van der Waals surface area (Å²) in [6.45, 7) is 15.9. The minimum absolute atomic E-state index is 0.0351. The lowest BCUT2D eigenvalue weighted by Gasteiger charge is -2.42. The van der Waals surface area contributed by atoms with Crippen LogP contribution in [0.2, 0.25) is 16.6 Å². The number of aromatic nitrogens is 2. The molecule has 0 aliphatic heterocycles. The Morgan fingerprint density at radius 1 is 1.10 bits per heavy atom. The highest BCUT2D eigenvalue weighted by Gasteiger charge is 2.45. The molecular formula is C23H37N3O4Si. The lowest BCUT2D eigenvalue weighted by molar-refractivity contribution is 0.102. The van der Waals surface area contributed by atoms with E-state index in [1.54, 1.807) is 30.1 Å². The Morgan fingerprint density at radius 3 is 2.23 bits per heavy atom. The number of hydrogen-bond acceptors (Lipinski definition) is 5. The first-order valence-electron chi connectivity index (χ1n) is 10.9. The number of carbonyl (C=O) groups excluding carboxylic acids is 1. The largest absolute Gasteiger partial charge is 0.508 e. The topological polar surface area (TPSA) is 85.6 Å². The van der Waals surface area contributed by atoms with E-state index in [0.29, 0.717) is 40.4 Å². The smallest absolute Gasteiger partial charge is 0.257 e. The van der Waals surface area contributed by atoms with Crippen LogP contribution in [0.4, 0.5) is 5.82 Å². The van der Waals surface area contributed by atoms with Gasteiger partial charge in [-0.1, -0.05) is 41.5 Å². The number of amides is 1. The van der Waals surface area contributed by atoms with Crippen molar-refractivity contribution in [3.05, 3.63) is 36.0 Å². The van der Waals surface area contributed by atoms with Gasteiger partial charge in [0, 0.05) is 30.9 Å². The quantitative estimate of drug-likeness (QED) is 0.480. The van der Waals surface area contributed by atoms with Crippen molar-refractivity contribution in [2.45, 2.75) is 71.2 Å². The van der Waals surface area contributed by atoms with Gasteiger partial charge >= 0.3 is 0 Å². The number of phenols is 1. The fourth-order valence-electron chi connectivity index (χ4n) is 4.48. The molecule has 31 heavy (non-hydrogen) atoms. The molecule has 0 saturated carbocycles. The van der Waals surface area contributed by atoms with Crippen molar-refractivity contribution in [2.24, 2.45) is 7.05 Å². The number of anilines is 1. The number of ether oxygens (including phenoxy) is 1. The van der Waals surface area contributed by atoms with Gasteiger partial charge in [0.05, 0.1) is 6.61 Å². The fraction of sp³-hybridized carbons (Fsp3) is 0.565. The molecule has 0 fully saturated rings. The van der Waals surface area contributed by atoms with Crippen molar-refractivity contribution in [1.82, 2.24) is 9.78 Å². The van der Waals surface area contributed by atoms with Crippen LogP contribution >= 0.6 is 0 Å². The number of nitrogens with one attached hydrogen (secondary N) is 1. The van der Waals surface area contributed by atoms with Gasteiger partial charge in [-0.15, -0.1) is 0 Å². The monoisotopic (exact) mass is 447 g/mol. The molecule has 7 nitrogen and oxygen atoms in total. The van der Waals surface area contributed by atoms with E-state index >= 15 is 0 Å². The van der Waals surface area contributed by atoms with E-state index in [1.807, 2.05) is 6.92 Å². The molecule has 172 valence electrons. The average molecular weight is 448 g/mol. The highest BCUT2D eigenvalue weighted by atomic mass is 28.4. The summed E-state index contributed by atoms with van der Waals surface area (Å²) in [5.41, 5.74) is 1.76. The highest BCUT2D eigenvalue weighted by molar-refractivity contribution is 6.77. The third kappa shape index (κ3) is 6.10. The van der Waals surface area contributed by atoms with Crippen LogP contribution in [0.3, 0.4) is 0 Å². The number of hydrogen-bond donors (Lipinski definition) is 2. The van der Waals surface area contributed by atoms with Crippen LogP contribution in [0.5, 0.6) is 11.5 Å². The van der Waals surface area contributed by atoms with Gasteiger partial charge < -0.3 is 19.6 Å². The molecular weight excluding hydrogens is 410 g/mol. The molecule has 1 aromatic heterocycles. The molecule has 0 aliphatic rings. The Bertz CT molecular complexity index is 858. The van der Waals surface area contributed by atoms with Crippen LogP contribution in [-0.4, -0.2) is 41.8 Å². The number of aromatic hydroxyl groups is 1. The van der Waals surface area contributed by atoms with Gasteiger partial charge in [-0.3, -0.25) is 9.48 Å². The van der Waals surface area contributed by atoms with E-state index in [4.69, 9.17) is 9.16 Å². The fourth-order valence-corrected chi connectivity index (χ4v) is 10.0. The van der Waals surface area contributed by atoms with E-state index < -0.39 is 8.32 Å². The Morgan fingerprint density at radius 2 is 1.71 bits per heavy atom. The zero-order valence-electron chi connectivity index (χ0n) is 20.0.